The van der Waals surface area contributed by atoms with Crippen LogP contribution in [0.2, 0.25) is 0 Å². The minimum atomic E-state index is 0.840. The van der Waals surface area contributed by atoms with Gasteiger partial charge in [0.05, 0.1) is 33.5 Å². The molecule has 0 N–H and O–H groups in total. The average Bonchev–Trinajstić information content (AvgIpc) is 3.97. The Kier molecular flexibility index (Phi) is 7.20. The maximum Gasteiger partial charge on any atom is 0.159 e. The molecule has 0 saturated heterocycles. The molecule has 0 aliphatic rings. The minimum Gasteiger partial charge on any atom is -0.456 e. The molecule has 0 atom stereocenters. The van der Waals surface area contributed by atoms with Crippen LogP contribution in [0.5, 0.6) is 0 Å². The summed E-state index contributed by atoms with van der Waals surface area (Å²) in [6, 6.07) is 73.2. The Hall–Kier alpha value is -7.82. The summed E-state index contributed by atoms with van der Waals surface area (Å²) in [5, 5.41) is 6.82. The Bertz CT molecular complexity index is 3480. The van der Waals surface area contributed by atoms with Crippen LogP contribution in [-0.2, 0) is 0 Å². The van der Waals surface area contributed by atoms with Gasteiger partial charge in [-0.25, -0.2) is 0 Å². The van der Waals surface area contributed by atoms with Crippen molar-refractivity contribution in [1.82, 2.24) is 4.57 Å². The monoisotopic (exact) mass is 742 g/mol. The van der Waals surface area contributed by atoms with Gasteiger partial charge in [-0.15, -0.1) is 0 Å². The Balaban J connectivity index is 1.000. The van der Waals surface area contributed by atoms with Crippen molar-refractivity contribution in [2.75, 3.05) is 4.90 Å². The van der Waals surface area contributed by atoms with Crippen molar-refractivity contribution in [3.05, 3.63) is 206 Å². The highest BCUT2D eigenvalue weighted by atomic mass is 16.3. The summed E-state index contributed by atoms with van der Waals surface area (Å²) in [5.41, 5.74) is 14.6. The molecule has 12 rings (SSSR count). The van der Waals surface area contributed by atoms with Gasteiger partial charge in [0, 0.05) is 38.2 Å². The first-order valence-electron chi connectivity index (χ1n) is 19.7. The van der Waals surface area contributed by atoms with E-state index >= 15 is 0 Å². The van der Waals surface area contributed by atoms with Gasteiger partial charge >= 0.3 is 0 Å². The molecule has 9 aromatic carbocycles. The van der Waals surface area contributed by atoms with Crippen LogP contribution in [0.25, 0.3) is 93.6 Å². The quantitative estimate of drug-likeness (QED) is 0.170. The third-order valence-electron chi connectivity index (χ3n) is 11.6. The fourth-order valence-corrected chi connectivity index (χ4v) is 9.02. The second kappa shape index (κ2) is 12.9. The lowest BCUT2D eigenvalue weighted by molar-refractivity contribution is 0.668. The molecule has 0 unspecified atom stereocenters. The number of aromatic nitrogens is 1. The van der Waals surface area contributed by atoms with Crippen molar-refractivity contribution in [2.45, 2.75) is 0 Å². The van der Waals surface area contributed by atoms with E-state index in [1.54, 1.807) is 0 Å². The summed E-state index contributed by atoms with van der Waals surface area (Å²) < 4.78 is 15.5. The summed E-state index contributed by atoms with van der Waals surface area (Å²) >= 11 is 0. The topological polar surface area (TPSA) is 34.5 Å². The van der Waals surface area contributed by atoms with Crippen molar-refractivity contribution >= 4 is 82.7 Å². The zero-order valence-electron chi connectivity index (χ0n) is 31.3. The normalized spacial score (nSPS) is 11.8. The van der Waals surface area contributed by atoms with Crippen molar-refractivity contribution in [3.8, 4) is 27.9 Å². The van der Waals surface area contributed by atoms with Crippen LogP contribution in [0.3, 0.4) is 0 Å². The maximum absolute atomic E-state index is 6.65. The van der Waals surface area contributed by atoms with Gasteiger partial charge < -0.3 is 18.3 Å². The summed E-state index contributed by atoms with van der Waals surface area (Å²) in [6.45, 7) is 0. The number of benzene rings is 9. The Labute approximate surface area is 334 Å². The lowest BCUT2D eigenvalue weighted by atomic mass is 9.97. The molecular weight excluding hydrogens is 709 g/mol. The number of hydrogen-bond donors (Lipinski definition) is 0. The van der Waals surface area contributed by atoms with Gasteiger partial charge in [0.1, 0.15) is 16.7 Å². The van der Waals surface area contributed by atoms with Crippen LogP contribution in [0.1, 0.15) is 0 Å². The standard InChI is InChI=1S/C54H34N2O2/c1-6-22-45(56-46-23-7-2-17-40(46)41-18-3-8-24-47(41)56)39(16-1)37-15-11-14-36(34-37)35-30-32-38(33-31-35)55(48-25-13-29-52-53(48)44-20-5-10-28-51(44)57-52)49-26-12-21-43-42-19-4-9-27-50(42)58-54(43)49/h1-34H. The van der Waals surface area contributed by atoms with Gasteiger partial charge in [-0.05, 0) is 83.4 Å². The molecule has 0 saturated carbocycles. The predicted molar refractivity (Wildman–Crippen MR) is 241 cm³/mol. The van der Waals surface area contributed by atoms with Gasteiger partial charge in [0.2, 0.25) is 0 Å². The Morgan fingerprint density at radius 2 is 0.931 bits per heavy atom. The molecule has 272 valence electrons. The highest BCUT2D eigenvalue weighted by Gasteiger charge is 2.23. The number of anilines is 3. The first kappa shape index (κ1) is 32.4. The molecule has 12 aromatic rings. The molecule has 0 radical (unpaired) electrons. The fraction of sp³-hybridized carbons (Fsp3) is 0. The minimum absolute atomic E-state index is 0.840. The number of para-hydroxylation sites is 6. The molecule has 0 fully saturated rings. The van der Waals surface area contributed by atoms with E-state index in [2.05, 4.69) is 185 Å². The van der Waals surface area contributed by atoms with E-state index in [1.165, 1.54) is 27.4 Å². The second-order valence-electron chi connectivity index (χ2n) is 14.9. The van der Waals surface area contributed by atoms with Gasteiger partial charge in [-0.1, -0.05) is 140 Å². The Morgan fingerprint density at radius 1 is 0.362 bits per heavy atom. The van der Waals surface area contributed by atoms with Gasteiger partial charge in [-0.2, -0.15) is 0 Å². The van der Waals surface area contributed by atoms with Gasteiger partial charge in [-0.3, -0.25) is 0 Å². The first-order chi connectivity index (χ1) is 28.8. The highest BCUT2D eigenvalue weighted by molar-refractivity contribution is 6.16. The lowest BCUT2D eigenvalue weighted by Crippen LogP contribution is -2.10. The SMILES string of the molecule is c1cc(-c2ccc(N(c3cccc4c3oc3ccccc34)c3cccc4oc5ccccc5c34)cc2)cc(-c2ccccc2-n2c3ccccc3c3ccccc32)c1. The van der Waals surface area contributed by atoms with Crippen LogP contribution < -0.4 is 4.90 Å². The van der Waals surface area contributed by atoms with Crippen LogP contribution in [0.4, 0.5) is 17.1 Å². The zero-order valence-corrected chi connectivity index (χ0v) is 31.3. The van der Waals surface area contributed by atoms with Crippen molar-refractivity contribution in [1.29, 1.82) is 0 Å². The molecular formula is C54H34N2O2. The van der Waals surface area contributed by atoms with Crippen LogP contribution in [0.15, 0.2) is 215 Å². The molecule has 0 bridgehead atoms. The van der Waals surface area contributed by atoms with Crippen LogP contribution >= 0.6 is 0 Å². The second-order valence-corrected chi connectivity index (χ2v) is 14.9. The Morgan fingerprint density at radius 3 is 1.72 bits per heavy atom. The van der Waals surface area contributed by atoms with Crippen LogP contribution in [-0.4, -0.2) is 4.57 Å². The van der Waals surface area contributed by atoms with Crippen molar-refractivity contribution < 1.29 is 8.83 Å². The summed E-state index contributed by atoms with van der Waals surface area (Å²) in [6.07, 6.45) is 0. The third-order valence-corrected chi connectivity index (χ3v) is 11.6. The number of nitrogens with zero attached hydrogens (tertiary/aromatic N) is 2. The number of hydrogen-bond acceptors (Lipinski definition) is 3. The molecule has 0 amide bonds. The van der Waals surface area contributed by atoms with Gasteiger partial charge in [0.15, 0.2) is 5.58 Å². The van der Waals surface area contributed by atoms with E-state index < -0.39 is 0 Å². The fourth-order valence-electron chi connectivity index (χ4n) is 9.02. The summed E-state index contributed by atoms with van der Waals surface area (Å²) in [7, 11) is 0. The molecule has 0 aliphatic carbocycles. The molecule has 0 aliphatic heterocycles. The number of furan rings is 2. The van der Waals surface area contributed by atoms with E-state index in [1.807, 2.05) is 30.3 Å². The van der Waals surface area contributed by atoms with E-state index in [0.29, 0.717) is 0 Å². The first-order valence-corrected chi connectivity index (χ1v) is 19.7. The third kappa shape index (κ3) is 4.95. The van der Waals surface area contributed by atoms with E-state index in [-0.39, 0.29) is 0 Å². The number of rotatable bonds is 6. The molecule has 3 heterocycles. The molecule has 4 heteroatoms. The van der Waals surface area contributed by atoms with Crippen LogP contribution in [0, 0.1) is 0 Å². The highest BCUT2D eigenvalue weighted by Crippen LogP contribution is 2.47. The summed E-state index contributed by atoms with van der Waals surface area (Å²) in [5.74, 6) is 0. The molecule has 58 heavy (non-hydrogen) atoms. The molecule has 4 nitrogen and oxygen atoms in total. The smallest absolute Gasteiger partial charge is 0.159 e. The molecule has 3 aromatic heterocycles. The van der Waals surface area contributed by atoms with Gasteiger partial charge in [0.25, 0.3) is 0 Å². The largest absolute Gasteiger partial charge is 0.456 e. The van der Waals surface area contributed by atoms with Crippen molar-refractivity contribution in [2.24, 2.45) is 0 Å². The van der Waals surface area contributed by atoms with E-state index in [9.17, 15) is 0 Å². The predicted octanol–water partition coefficient (Wildman–Crippen LogP) is 15.4. The van der Waals surface area contributed by atoms with Crippen molar-refractivity contribution in [3.63, 3.8) is 0 Å². The zero-order chi connectivity index (χ0) is 38.2. The summed E-state index contributed by atoms with van der Waals surface area (Å²) in [4.78, 5) is 2.32. The average molecular weight is 743 g/mol. The molecule has 0 spiro atoms. The maximum atomic E-state index is 6.65. The lowest BCUT2D eigenvalue weighted by Gasteiger charge is -2.26. The number of fused-ring (bicyclic) bond motifs is 9. The van der Waals surface area contributed by atoms with E-state index in [0.717, 1.165) is 83.3 Å². The van der Waals surface area contributed by atoms with E-state index in [4.69, 9.17) is 8.83 Å².